The number of likely N-dealkylation sites (tertiary alicyclic amines) is 1. The molecule has 1 spiro atoms. The second-order valence-electron chi connectivity index (χ2n) is 8.43. The molecule has 2 aromatic rings. The summed E-state index contributed by atoms with van der Waals surface area (Å²) in [4.78, 5) is 2.35. The zero-order valence-electron chi connectivity index (χ0n) is 17.6. The van der Waals surface area contributed by atoms with Crippen LogP contribution < -0.4 is 10.1 Å². The van der Waals surface area contributed by atoms with Crippen molar-refractivity contribution in [3.63, 3.8) is 0 Å². The van der Waals surface area contributed by atoms with E-state index in [0.29, 0.717) is 12.3 Å². The van der Waals surface area contributed by atoms with Gasteiger partial charge in [0.1, 0.15) is 11.5 Å². The number of alkyl halides is 3. The molecule has 0 unspecified atom stereocenters. The van der Waals surface area contributed by atoms with Gasteiger partial charge >= 0.3 is 6.18 Å². The number of halogens is 5. The smallest absolute Gasteiger partial charge is 0.416 e. The standard InChI is InChI=1S/C23H27F3N2O2.2ClH/c24-23(25,26)18-5-2-7-20(13-18)30-19-6-1-4-17(12-19)14-28-11-3-9-22(16-28)15-27-10-8-21(22)29;;/h1-2,4-7,12-13,21,27,29H,3,8-11,14-16H2;2*1H/t21-,22-;;/m0../s1. The van der Waals surface area contributed by atoms with Crippen LogP contribution in [0.5, 0.6) is 11.5 Å². The van der Waals surface area contributed by atoms with Gasteiger partial charge in [0.15, 0.2) is 0 Å². The molecule has 2 atom stereocenters. The Morgan fingerprint density at radius 2 is 1.81 bits per heavy atom. The highest BCUT2D eigenvalue weighted by Gasteiger charge is 2.42. The van der Waals surface area contributed by atoms with Crippen LogP contribution in [0.2, 0.25) is 0 Å². The van der Waals surface area contributed by atoms with Gasteiger partial charge in [-0.15, -0.1) is 24.8 Å². The molecule has 0 bridgehead atoms. The molecular formula is C23H29Cl2F3N2O2. The topological polar surface area (TPSA) is 44.7 Å². The fourth-order valence-electron chi connectivity index (χ4n) is 4.65. The van der Waals surface area contributed by atoms with Crippen LogP contribution >= 0.6 is 24.8 Å². The van der Waals surface area contributed by atoms with Crippen molar-refractivity contribution in [3.05, 3.63) is 59.7 Å². The fraction of sp³-hybridized carbons (Fsp3) is 0.478. The van der Waals surface area contributed by atoms with E-state index >= 15 is 0 Å². The van der Waals surface area contributed by atoms with Gasteiger partial charge in [-0.05, 0) is 68.2 Å². The molecule has 2 N–H and O–H groups in total. The Kier molecular flexibility index (Phi) is 9.25. The number of rotatable bonds is 4. The molecule has 2 aromatic carbocycles. The second kappa shape index (κ2) is 11.1. The highest BCUT2D eigenvalue weighted by molar-refractivity contribution is 5.85. The van der Waals surface area contributed by atoms with Crippen LogP contribution in [-0.4, -0.2) is 42.3 Å². The third-order valence-corrected chi connectivity index (χ3v) is 6.17. The van der Waals surface area contributed by atoms with E-state index in [2.05, 4.69) is 10.2 Å². The molecule has 2 aliphatic rings. The van der Waals surface area contributed by atoms with Crippen LogP contribution in [0, 0.1) is 5.41 Å². The Balaban J connectivity index is 0.00000181. The van der Waals surface area contributed by atoms with Gasteiger partial charge < -0.3 is 15.2 Å². The monoisotopic (exact) mass is 492 g/mol. The molecule has 32 heavy (non-hydrogen) atoms. The average molecular weight is 493 g/mol. The lowest BCUT2D eigenvalue weighted by atomic mass is 9.72. The molecule has 0 aromatic heterocycles. The molecule has 2 heterocycles. The number of ether oxygens (including phenoxy) is 1. The first-order valence-corrected chi connectivity index (χ1v) is 10.4. The van der Waals surface area contributed by atoms with E-state index in [1.165, 1.54) is 12.1 Å². The number of benzene rings is 2. The van der Waals surface area contributed by atoms with E-state index in [0.717, 1.165) is 63.1 Å². The molecule has 2 fully saturated rings. The molecule has 4 nitrogen and oxygen atoms in total. The Bertz CT molecular complexity index is 880. The number of aliphatic hydroxyl groups excluding tert-OH is 1. The first kappa shape index (κ1) is 26.7. The summed E-state index contributed by atoms with van der Waals surface area (Å²) in [7, 11) is 0. The summed E-state index contributed by atoms with van der Waals surface area (Å²) < 4.78 is 44.5. The van der Waals surface area contributed by atoms with E-state index in [4.69, 9.17) is 4.74 Å². The van der Waals surface area contributed by atoms with Crippen LogP contribution in [0.1, 0.15) is 30.4 Å². The molecule has 9 heteroatoms. The Labute approximate surface area is 199 Å². The summed E-state index contributed by atoms with van der Waals surface area (Å²) in [6.45, 7) is 4.21. The summed E-state index contributed by atoms with van der Waals surface area (Å²) >= 11 is 0. The lowest BCUT2D eigenvalue weighted by molar-refractivity contribution is -0.137. The molecule has 2 aliphatic heterocycles. The molecule has 0 saturated carbocycles. The van der Waals surface area contributed by atoms with Gasteiger partial charge in [0.05, 0.1) is 11.7 Å². The number of hydrogen-bond acceptors (Lipinski definition) is 4. The summed E-state index contributed by atoms with van der Waals surface area (Å²) in [6, 6.07) is 12.4. The Morgan fingerprint density at radius 1 is 1.09 bits per heavy atom. The minimum Gasteiger partial charge on any atom is -0.457 e. The van der Waals surface area contributed by atoms with Crippen LogP contribution in [0.3, 0.4) is 0 Å². The Morgan fingerprint density at radius 3 is 2.53 bits per heavy atom. The summed E-state index contributed by atoms with van der Waals surface area (Å²) in [6.07, 6.45) is -1.83. The van der Waals surface area contributed by atoms with Crippen molar-refractivity contribution in [1.82, 2.24) is 10.2 Å². The quantitative estimate of drug-likeness (QED) is 0.609. The number of nitrogens with zero attached hydrogens (tertiary/aromatic N) is 1. The molecule has 0 aliphatic carbocycles. The van der Waals surface area contributed by atoms with Crippen LogP contribution in [0.4, 0.5) is 13.2 Å². The first-order valence-electron chi connectivity index (χ1n) is 10.4. The van der Waals surface area contributed by atoms with Crippen molar-refractivity contribution in [1.29, 1.82) is 0 Å². The average Bonchev–Trinajstić information content (AvgIpc) is 2.71. The van der Waals surface area contributed by atoms with Crippen LogP contribution in [0.25, 0.3) is 0 Å². The normalized spacial score (nSPS) is 23.8. The molecule has 2 saturated heterocycles. The van der Waals surface area contributed by atoms with Gasteiger partial charge in [-0.3, -0.25) is 4.90 Å². The number of hydrogen-bond donors (Lipinski definition) is 2. The van der Waals surface area contributed by atoms with Gasteiger partial charge in [0, 0.05) is 25.0 Å². The van der Waals surface area contributed by atoms with E-state index in [9.17, 15) is 18.3 Å². The molecule has 0 amide bonds. The zero-order valence-corrected chi connectivity index (χ0v) is 19.2. The number of aliphatic hydroxyl groups is 1. The molecule has 0 radical (unpaired) electrons. The third kappa shape index (κ3) is 6.29. The second-order valence-corrected chi connectivity index (χ2v) is 8.43. The molecule has 4 rings (SSSR count). The summed E-state index contributed by atoms with van der Waals surface area (Å²) in [5.41, 5.74) is 0.215. The SMILES string of the molecule is Cl.Cl.O[C@H]1CCNC[C@]12CCCN(Cc1cccc(Oc3cccc(C(F)(F)F)c3)c1)C2. The van der Waals surface area contributed by atoms with E-state index < -0.39 is 11.7 Å². The largest absolute Gasteiger partial charge is 0.457 e. The van der Waals surface area contributed by atoms with Crippen molar-refractivity contribution in [2.24, 2.45) is 5.41 Å². The number of piperidine rings is 2. The maximum Gasteiger partial charge on any atom is 0.416 e. The van der Waals surface area contributed by atoms with Crippen molar-refractivity contribution in [2.75, 3.05) is 26.2 Å². The Hall–Kier alpha value is -1.51. The fourth-order valence-corrected chi connectivity index (χ4v) is 4.65. The lowest BCUT2D eigenvalue weighted by Crippen LogP contribution is -2.57. The third-order valence-electron chi connectivity index (χ3n) is 6.17. The van der Waals surface area contributed by atoms with E-state index in [1.54, 1.807) is 6.07 Å². The van der Waals surface area contributed by atoms with Crippen molar-refractivity contribution in [2.45, 2.75) is 38.1 Å². The maximum atomic E-state index is 12.9. The van der Waals surface area contributed by atoms with Crippen molar-refractivity contribution >= 4 is 24.8 Å². The van der Waals surface area contributed by atoms with Crippen molar-refractivity contribution < 1.29 is 23.0 Å². The predicted octanol–water partition coefficient (Wildman–Crippen LogP) is 5.28. The van der Waals surface area contributed by atoms with Gasteiger partial charge in [-0.25, -0.2) is 0 Å². The zero-order chi connectivity index (χ0) is 21.2. The van der Waals surface area contributed by atoms with Gasteiger partial charge in [0.25, 0.3) is 0 Å². The van der Waals surface area contributed by atoms with Crippen LogP contribution in [0.15, 0.2) is 48.5 Å². The van der Waals surface area contributed by atoms with E-state index in [1.807, 2.05) is 18.2 Å². The molecule has 178 valence electrons. The van der Waals surface area contributed by atoms with Crippen LogP contribution in [-0.2, 0) is 12.7 Å². The van der Waals surface area contributed by atoms with E-state index in [-0.39, 0.29) is 42.1 Å². The maximum absolute atomic E-state index is 12.9. The first-order chi connectivity index (χ1) is 14.3. The van der Waals surface area contributed by atoms with Gasteiger partial charge in [-0.1, -0.05) is 18.2 Å². The highest BCUT2D eigenvalue weighted by Crippen LogP contribution is 2.37. The highest BCUT2D eigenvalue weighted by atomic mass is 35.5. The minimum atomic E-state index is -4.40. The predicted molar refractivity (Wildman–Crippen MR) is 123 cm³/mol. The van der Waals surface area contributed by atoms with Gasteiger partial charge in [-0.2, -0.15) is 13.2 Å². The lowest BCUT2D eigenvalue weighted by Gasteiger charge is -2.48. The molecular weight excluding hydrogens is 464 g/mol. The number of nitrogens with one attached hydrogen (secondary N) is 1. The summed E-state index contributed by atoms with van der Waals surface area (Å²) in [5.74, 6) is 0.674. The van der Waals surface area contributed by atoms with Crippen molar-refractivity contribution in [3.8, 4) is 11.5 Å². The van der Waals surface area contributed by atoms with Gasteiger partial charge in [0.2, 0.25) is 0 Å². The summed E-state index contributed by atoms with van der Waals surface area (Å²) in [5, 5.41) is 14.0. The minimum absolute atomic E-state index is 0.